The zero-order valence-electron chi connectivity index (χ0n) is 12.1. The van der Waals surface area contributed by atoms with E-state index in [0.29, 0.717) is 5.75 Å². The zero-order chi connectivity index (χ0) is 15.5. The summed E-state index contributed by atoms with van der Waals surface area (Å²) in [6.45, 7) is 3.33. The van der Waals surface area contributed by atoms with Crippen molar-refractivity contribution < 1.29 is 17.9 Å². The fourth-order valence-corrected chi connectivity index (χ4v) is 2.43. The van der Waals surface area contributed by atoms with E-state index in [1.54, 1.807) is 6.07 Å². The van der Waals surface area contributed by atoms with Crippen LogP contribution in [0, 0.1) is 6.92 Å². The summed E-state index contributed by atoms with van der Waals surface area (Å²) in [4.78, 5) is 2.25. The topological polar surface area (TPSA) is 38.5 Å². The van der Waals surface area contributed by atoms with Crippen LogP contribution in [0.15, 0.2) is 18.2 Å². The van der Waals surface area contributed by atoms with Gasteiger partial charge in [-0.1, -0.05) is 0 Å². The molecule has 0 bridgehead atoms. The Balaban J connectivity index is 1.94. The standard InChI is InChI=1S/C15H21F3N2O/c1-11-10-13(20-7-4-12(19)5-8-20)2-3-14(11)21-9-6-15(16,17)18/h2-3,10,12H,4-9,19H2,1H3. The van der Waals surface area contributed by atoms with E-state index in [0.717, 1.165) is 37.2 Å². The van der Waals surface area contributed by atoms with E-state index < -0.39 is 12.6 Å². The zero-order valence-corrected chi connectivity index (χ0v) is 12.1. The highest BCUT2D eigenvalue weighted by Crippen LogP contribution is 2.27. The molecule has 1 fully saturated rings. The van der Waals surface area contributed by atoms with Crippen molar-refractivity contribution in [2.45, 2.75) is 38.4 Å². The Labute approximate surface area is 122 Å². The van der Waals surface area contributed by atoms with Crippen molar-refractivity contribution in [1.82, 2.24) is 0 Å². The highest BCUT2D eigenvalue weighted by molar-refractivity contribution is 5.53. The summed E-state index contributed by atoms with van der Waals surface area (Å²) >= 11 is 0. The number of anilines is 1. The lowest BCUT2D eigenvalue weighted by molar-refractivity contribution is -0.139. The Morgan fingerprint density at radius 2 is 1.95 bits per heavy atom. The lowest BCUT2D eigenvalue weighted by atomic mass is 10.0. The first-order valence-electron chi connectivity index (χ1n) is 7.16. The van der Waals surface area contributed by atoms with Crippen molar-refractivity contribution in [2.24, 2.45) is 5.73 Å². The number of ether oxygens (including phenoxy) is 1. The first-order valence-corrected chi connectivity index (χ1v) is 7.16. The number of rotatable bonds is 4. The molecule has 0 spiro atoms. The third-order valence-corrected chi connectivity index (χ3v) is 3.71. The summed E-state index contributed by atoms with van der Waals surface area (Å²) in [7, 11) is 0. The molecule has 1 saturated heterocycles. The number of hydrogen-bond donors (Lipinski definition) is 1. The fourth-order valence-electron chi connectivity index (χ4n) is 2.43. The van der Waals surface area contributed by atoms with Gasteiger partial charge in [0, 0.05) is 24.8 Å². The quantitative estimate of drug-likeness (QED) is 0.928. The maximum Gasteiger partial charge on any atom is 0.392 e. The largest absolute Gasteiger partial charge is 0.493 e. The molecular weight excluding hydrogens is 281 g/mol. The molecule has 21 heavy (non-hydrogen) atoms. The van der Waals surface area contributed by atoms with Crippen LogP contribution < -0.4 is 15.4 Å². The molecule has 0 unspecified atom stereocenters. The molecule has 1 aromatic rings. The molecule has 1 aliphatic rings. The first-order chi connectivity index (χ1) is 9.85. The summed E-state index contributed by atoms with van der Waals surface area (Å²) in [5.41, 5.74) is 7.80. The minimum atomic E-state index is -4.18. The molecular formula is C15H21F3N2O. The van der Waals surface area contributed by atoms with Gasteiger partial charge in [0.2, 0.25) is 0 Å². The van der Waals surface area contributed by atoms with Crippen LogP contribution in [0.25, 0.3) is 0 Å². The molecule has 3 nitrogen and oxygen atoms in total. The first kappa shape index (κ1) is 15.9. The van der Waals surface area contributed by atoms with Crippen molar-refractivity contribution in [1.29, 1.82) is 0 Å². The Morgan fingerprint density at radius 3 is 2.52 bits per heavy atom. The van der Waals surface area contributed by atoms with Crippen LogP contribution in [0.1, 0.15) is 24.8 Å². The molecule has 1 heterocycles. The van der Waals surface area contributed by atoms with E-state index in [1.165, 1.54) is 0 Å². The van der Waals surface area contributed by atoms with Crippen molar-refractivity contribution in [3.63, 3.8) is 0 Å². The molecule has 0 saturated carbocycles. The van der Waals surface area contributed by atoms with Gasteiger partial charge in [-0.3, -0.25) is 0 Å². The summed E-state index contributed by atoms with van der Waals surface area (Å²) in [5, 5.41) is 0. The number of alkyl halides is 3. The van der Waals surface area contributed by atoms with Gasteiger partial charge in [0.25, 0.3) is 0 Å². The van der Waals surface area contributed by atoms with Crippen molar-refractivity contribution in [2.75, 3.05) is 24.6 Å². The second kappa shape index (κ2) is 6.56. The van der Waals surface area contributed by atoms with Gasteiger partial charge in [0.1, 0.15) is 5.75 Å². The molecule has 118 valence electrons. The molecule has 2 N–H and O–H groups in total. The predicted molar refractivity (Wildman–Crippen MR) is 76.8 cm³/mol. The van der Waals surface area contributed by atoms with Crippen LogP contribution in [-0.4, -0.2) is 31.9 Å². The number of nitrogens with two attached hydrogens (primary N) is 1. The molecule has 0 radical (unpaired) electrons. The Kier molecular flexibility index (Phi) is 4.98. The van der Waals surface area contributed by atoms with Crippen molar-refractivity contribution in [3.8, 4) is 5.75 Å². The smallest absolute Gasteiger partial charge is 0.392 e. The lowest BCUT2D eigenvalue weighted by Crippen LogP contribution is -2.39. The van der Waals surface area contributed by atoms with Gasteiger partial charge in [0.05, 0.1) is 13.0 Å². The molecule has 6 heteroatoms. The minimum Gasteiger partial charge on any atom is -0.493 e. The van der Waals surface area contributed by atoms with E-state index in [9.17, 15) is 13.2 Å². The molecule has 0 amide bonds. The predicted octanol–water partition coefficient (Wildman–Crippen LogP) is 3.25. The average molecular weight is 302 g/mol. The summed E-state index contributed by atoms with van der Waals surface area (Å²) in [5.74, 6) is 0.511. The number of benzene rings is 1. The molecule has 0 aliphatic carbocycles. The second-order valence-corrected chi connectivity index (χ2v) is 5.49. The normalized spacial score (nSPS) is 17.1. The van der Waals surface area contributed by atoms with Gasteiger partial charge in [-0.05, 0) is 43.5 Å². The minimum absolute atomic E-state index is 0.271. The van der Waals surface area contributed by atoms with Gasteiger partial charge in [-0.15, -0.1) is 0 Å². The molecule has 1 aliphatic heterocycles. The van der Waals surface area contributed by atoms with Crippen LogP contribution in [-0.2, 0) is 0 Å². The van der Waals surface area contributed by atoms with Crippen molar-refractivity contribution >= 4 is 5.69 Å². The molecule has 2 rings (SSSR count). The Morgan fingerprint density at radius 1 is 1.29 bits per heavy atom. The van der Waals surface area contributed by atoms with Crippen LogP contribution in [0.3, 0.4) is 0 Å². The second-order valence-electron chi connectivity index (χ2n) is 5.49. The molecule has 1 aromatic carbocycles. The van der Waals surface area contributed by atoms with Crippen LogP contribution in [0.4, 0.5) is 18.9 Å². The van der Waals surface area contributed by atoms with Gasteiger partial charge in [-0.2, -0.15) is 13.2 Å². The van der Waals surface area contributed by atoms with E-state index in [-0.39, 0.29) is 12.6 Å². The van der Waals surface area contributed by atoms with Crippen molar-refractivity contribution in [3.05, 3.63) is 23.8 Å². The van der Waals surface area contributed by atoms with E-state index in [1.807, 2.05) is 19.1 Å². The molecule has 0 aromatic heterocycles. The fraction of sp³-hybridized carbons (Fsp3) is 0.600. The summed E-state index contributed by atoms with van der Waals surface area (Å²) in [6.07, 6.45) is -3.19. The summed E-state index contributed by atoms with van der Waals surface area (Å²) in [6, 6.07) is 5.87. The average Bonchev–Trinajstić information content (AvgIpc) is 2.40. The number of aryl methyl sites for hydroxylation is 1. The van der Waals surface area contributed by atoms with Gasteiger partial charge < -0.3 is 15.4 Å². The lowest BCUT2D eigenvalue weighted by Gasteiger charge is -2.32. The number of nitrogens with zero attached hydrogens (tertiary/aromatic N) is 1. The van der Waals surface area contributed by atoms with Crippen LogP contribution >= 0.6 is 0 Å². The van der Waals surface area contributed by atoms with Gasteiger partial charge >= 0.3 is 6.18 Å². The third kappa shape index (κ3) is 4.81. The third-order valence-electron chi connectivity index (χ3n) is 3.71. The van der Waals surface area contributed by atoms with Crippen LogP contribution in [0.5, 0.6) is 5.75 Å². The van der Waals surface area contributed by atoms with E-state index in [4.69, 9.17) is 10.5 Å². The summed E-state index contributed by atoms with van der Waals surface area (Å²) < 4.78 is 41.5. The van der Waals surface area contributed by atoms with Gasteiger partial charge in [-0.25, -0.2) is 0 Å². The number of hydrogen-bond acceptors (Lipinski definition) is 3. The highest BCUT2D eigenvalue weighted by atomic mass is 19.4. The maximum atomic E-state index is 12.1. The maximum absolute atomic E-state index is 12.1. The van der Waals surface area contributed by atoms with Gasteiger partial charge in [0.15, 0.2) is 0 Å². The van der Waals surface area contributed by atoms with E-state index >= 15 is 0 Å². The number of halogens is 3. The monoisotopic (exact) mass is 302 g/mol. The number of piperidine rings is 1. The Hall–Kier alpha value is -1.43. The highest BCUT2D eigenvalue weighted by Gasteiger charge is 2.27. The van der Waals surface area contributed by atoms with E-state index in [2.05, 4.69) is 4.90 Å². The molecule has 0 atom stereocenters. The van der Waals surface area contributed by atoms with Crippen LogP contribution in [0.2, 0.25) is 0 Å². The SMILES string of the molecule is Cc1cc(N2CCC(N)CC2)ccc1OCCC(F)(F)F. The Bertz CT molecular complexity index is 468.